The molecule has 0 aliphatic heterocycles. The summed E-state index contributed by atoms with van der Waals surface area (Å²) in [4.78, 5) is 2.13. The van der Waals surface area contributed by atoms with Gasteiger partial charge in [-0.05, 0) is 31.9 Å². The number of halogens is 2. The van der Waals surface area contributed by atoms with Gasteiger partial charge in [-0.15, -0.1) is 0 Å². The standard InChI is InChI=1S/C14H20F2N2O/c1-18(9-10-6-7-10)12(8-17)11-4-2-3-5-13(11)19-14(15)16/h2-5,10,12,14H,6-9,17H2,1H3. The molecule has 1 aliphatic rings. The van der Waals surface area contributed by atoms with Crippen LogP contribution in [0.5, 0.6) is 5.75 Å². The van der Waals surface area contributed by atoms with Gasteiger partial charge in [0.05, 0.1) is 6.04 Å². The summed E-state index contributed by atoms with van der Waals surface area (Å²) in [7, 11) is 1.98. The van der Waals surface area contributed by atoms with Crippen molar-refractivity contribution in [3.8, 4) is 5.75 Å². The van der Waals surface area contributed by atoms with Crippen molar-refractivity contribution < 1.29 is 13.5 Å². The number of hydrogen-bond acceptors (Lipinski definition) is 3. The van der Waals surface area contributed by atoms with Gasteiger partial charge in [0.1, 0.15) is 5.75 Å². The van der Waals surface area contributed by atoms with Crippen LogP contribution in [0.25, 0.3) is 0 Å². The molecular weight excluding hydrogens is 250 g/mol. The molecule has 0 spiro atoms. The molecule has 0 aromatic heterocycles. The maximum Gasteiger partial charge on any atom is 0.387 e. The second-order valence-corrected chi connectivity index (χ2v) is 5.05. The summed E-state index contributed by atoms with van der Waals surface area (Å²) in [5.41, 5.74) is 6.55. The highest BCUT2D eigenvalue weighted by atomic mass is 19.3. The lowest BCUT2D eigenvalue weighted by Gasteiger charge is -2.28. The molecule has 0 bridgehead atoms. The fourth-order valence-electron chi connectivity index (χ4n) is 2.34. The summed E-state index contributed by atoms with van der Waals surface area (Å²) in [5, 5.41) is 0. The Hall–Kier alpha value is -1.20. The molecule has 0 heterocycles. The summed E-state index contributed by atoms with van der Waals surface area (Å²) < 4.78 is 29.4. The van der Waals surface area contributed by atoms with Crippen molar-refractivity contribution in [1.29, 1.82) is 0 Å². The lowest BCUT2D eigenvalue weighted by molar-refractivity contribution is -0.0511. The average Bonchev–Trinajstić information content (AvgIpc) is 3.15. The number of rotatable bonds is 7. The van der Waals surface area contributed by atoms with Crippen LogP contribution in [-0.2, 0) is 0 Å². The zero-order valence-electron chi connectivity index (χ0n) is 11.1. The Morgan fingerprint density at radius 3 is 2.63 bits per heavy atom. The molecular formula is C14H20F2N2O. The van der Waals surface area contributed by atoms with Crippen molar-refractivity contribution in [3.63, 3.8) is 0 Å². The Labute approximate surface area is 112 Å². The molecule has 3 nitrogen and oxygen atoms in total. The van der Waals surface area contributed by atoms with Crippen molar-refractivity contribution in [2.24, 2.45) is 11.7 Å². The minimum atomic E-state index is -2.81. The topological polar surface area (TPSA) is 38.5 Å². The molecule has 1 saturated carbocycles. The number of ether oxygens (including phenoxy) is 1. The third-order valence-corrected chi connectivity index (χ3v) is 3.49. The molecule has 1 aliphatic carbocycles. The van der Waals surface area contributed by atoms with Crippen molar-refractivity contribution in [3.05, 3.63) is 29.8 Å². The van der Waals surface area contributed by atoms with Crippen molar-refractivity contribution >= 4 is 0 Å². The van der Waals surface area contributed by atoms with Gasteiger partial charge in [0.15, 0.2) is 0 Å². The molecule has 2 rings (SSSR count). The smallest absolute Gasteiger partial charge is 0.387 e. The van der Waals surface area contributed by atoms with Gasteiger partial charge in [0, 0.05) is 18.7 Å². The average molecular weight is 270 g/mol. The number of hydrogen-bond donors (Lipinski definition) is 1. The number of nitrogens with two attached hydrogens (primary N) is 1. The summed E-state index contributed by atoms with van der Waals surface area (Å²) in [5.74, 6) is 0.942. The minimum absolute atomic E-state index is 0.0875. The Kier molecular flexibility index (Phi) is 4.71. The predicted molar refractivity (Wildman–Crippen MR) is 70.2 cm³/mol. The number of nitrogens with zero attached hydrogens (tertiary/aromatic N) is 1. The molecule has 1 atom stereocenters. The van der Waals surface area contributed by atoms with Gasteiger partial charge in [-0.1, -0.05) is 18.2 Å². The van der Waals surface area contributed by atoms with E-state index in [0.29, 0.717) is 6.54 Å². The quantitative estimate of drug-likeness (QED) is 0.827. The molecule has 1 aromatic rings. The van der Waals surface area contributed by atoms with Crippen LogP contribution in [0.3, 0.4) is 0 Å². The fourth-order valence-corrected chi connectivity index (χ4v) is 2.34. The Bertz CT molecular complexity index is 410. The van der Waals surface area contributed by atoms with Gasteiger partial charge in [-0.3, -0.25) is 4.90 Å². The SMILES string of the molecule is CN(CC1CC1)C(CN)c1ccccc1OC(F)F. The molecule has 19 heavy (non-hydrogen) atoms. The third-order valence-electron chi connectivity index (χ3n) is 3.49. The monoisotopic (exact) mass is 270 g/mol. The molecule has 1 fully saturated rings. The Morgan fingerprint density at radius 2 is 2.05 bits per heavy atom. The van der Waals surface area contributed by atoms with E-state index in [1.165, 1.54) is 12.8 Å². The van der Waals surface area contributed by atoms with E-state index in [1.807, 2.05) is 13.1 Å². The number of benzene rings is 1. The van der Waals surface area contributed by atoms with Crippen LogP contribution in [0.4, 0.5) is 8.78 Å². The maximum absolute atomic E-state index is 12.4. The van der Waals surface area contributed by atoms with Gasteiger partial charge in [-0.25, -0.2) is 0 Å². The van der Waals surface area contributed by atoms with Gasteiger partial charge in [0.2, 0.25) is 0 Å². The van der Waals surface area contributed by atoms with Crippen LogP contribution in [-0.4, -0.2) is 31.6 Å². The first kappa shape index (κ1) is 14.2. The van der Waals surface area contributed by atoms with E-state index in [0.717, 1.165) is 18.0 Å². The predicted octanol–water partition coefficient (Wildman–Crippen LogP) is 2.63. The first-order valence-electron chi connectivity index (χ1n) is 6.56. The minimum Gasteiger partial charge on any atom is -0.434 e. The highest BCUT2D eigenvalue weighted by molar-refractivity contribution is 5.36. The Morgan fingerprint density at radius 1 is 1.37 bits per heavy atom. The van der Waals surface area contributed by atoms with Crippen molar-refractivity contribution in [2.75, 3.05) is 20.1 Å². The van der Waals surface area contributed by atoms with E-state index in [2.05, 4.69) is 9.64 Å². The van der Waals surface area contributed by atoms with E-state index >= 15 is 0 Å². The summed E-state index contributed by atoms with van der Waals surface area (Å²) in [6, 6.07) is 6.79. The first-order valence-corrected chi connectivity index (χ1v) is 6.56. The molecule has 5 heteroatoms. The zero-order valence-corrected chi connectivity index (χ0v) is 11.1. The second kappa shape index (κ2) is 6.30. The van der Waals surface area contributed by atoms with Crippen LogP contribution in [0.1, 0.15) is 24.4 Å². The van der Waals surface area contributed by atoms with Crippen molar-refractivity contribution in [2.45, 2.75) is 25.5 Å². The highest BCUT2D eigenvalue weighted by Gasteiger charge is 2.27. The summed E-state index contributed by atoms with van der Waals surface area (Å²) >= 11 is 0. The normalized spacial score (nSPS) is 16.9. The van der Waals surface area contributed by atoms with E-state index in [-0.39, 0.29) is 11.8 Å². The first-order chi connectivity index (χ1) is 9.11. The van der Waals surface area contributed by atoms with E-state index < -0.39 is 6.61 Å². The van der Waals surface area contributed by atoms with Gasteiger partial charge >= 0.3 is 6.61 Å². The molecule has 106 valence electrons. The van der Waals surface area contributed by atoms with E-state index in [4.69, 9.17) is 5.73 Å². The van der Waals surface area contributed by atoms with Crippen LogP contribution in [0, 0.1) is 5.92 Å². The second-order valence-electron chi connectivity index (χ2n) is 5.05. The number of alkyl halides is 2. The number of likely N-dealkylation sites (N-methyl/N-ethyl adjacent to an activating group) is 1. The molecule has 2 N–H and O–H groups in total. The molecule has 0 amide bonds. The largest absolute Gasteiger partial charge is 0.434 e. The van der Waals surface area contributed by atoms with Crippen LogP contribution in [0.15, 0.2) is 24.3 Å². The van der Waals surface area contributed by atoms with Gasteiger partial charge in [-0.2, -0.15) is 8.78 Å². The lowest BCUT2D eigenvalue weighted by atomic mass is 10.0. The molecule has 0 saturated heterocycles. The van der Waals surface area contributed by atoms with Crippen LogP contribution < -0.4 is 10.5 Å². The molecule has 1 aromatic carbocycles. The fraction of sp³-hybridized carbons (Fsp3) is 0.571. The molecule has 0 radical (unpaired) electrons. The van der Waals surface area contributed by atoms with Crippen molar-refractivity contribution in [1.82, 2.24) is 4.90 Å². The maximum atomic E-state index is 12.4. The van der Waals surface area contributed by atoms with Gasteiger partial charge < -0.3 is 10.5 Å². The number of para-hydroxylation sites is 1. The summed E-state index contributed by atoms with van der Waals surface area (Å²) in [6.07, 6.45) is 2.49. The highest BCUT2D eigenvalue weighted by Crippen LogP contribution is 2.34. The van der Waals surface area contributed by atoms with Crippen LogP contribution >= 0.6 is 0 Å². The van der Waals surface area contributed by atoms with Crippen LogP contribution in [0.2, 0.25) is 0 Å². The van der Waals surface area contributed by atoms with Gasteiger partial charge in [0.25, 0.3) is 0 Å². The van der Waals surface area contributed by atoms with E-state index in [1.54, 1.807) is 18.2 Å². The third kappa shape index (κ3) is 3.88. The van der Waals surface area contributed by atoms with E-state index in [9.17, 15) is 8.78 Å². The molecule has 1 unspecified atom stereocenters. The Balaban J connectivity index is 2.15. The zero-order chi connectivity index (χ0) is 13.8. The summed E-state index contributed by atoms with van der Waals surface area (Å²) in [6.45, 7) is -1.48. The lowest BCUT2D eigenvalue weighted by Crippen LogP contribution is -2.32.